The second-order valence-corrected chi connectivity index (χ2v) is 4.20. The first kappa shape index (κ1) is 11.1. The van der Waals surface area contributed by atoms with Gasteiger partial charge in [-0.2, -0.15) is 0 Å². The van der Waals surface area contributed by atoms with Crippen molar-refractivity contribution in [3.63, 3.8) is 0 Å². The van der Waals surface area contributed by atoms with Gasteiger partial charge in [-0.15, -0.1) is 0 Å². The van der Waals surface area contributed by atoms with E-state index in [-0.39, 0.29) is 5.91 Å². The molecule has 0 bridgehead atoms. The highest BCUT2D eigenvalue weighted by Crippen LogP contribution is 2.13. The summed E-state index contributed by atoms with van der Waals surface area (Å²) >= 11 is 0. The van der Waals surface area contributed by atoms with Crippen LogP contribution in [-0.4, -0.2) is 19.1 Å². The second-order valence-electron chi connectivity index (χ2n) is 4.20. The van der Waals surface area contributed by atoms with Crippen molar-refractivity contribution < 1.29 is 9.53 Å². The molecule has 1 aromatic rings. The third-order valence-electron chi connectivity index (χ3n) is 2.84. The Hall–Kier alpha value is -1.35. The highest BCUT2D eigenvalue weighted by molar-refractivity contribution is 5.78. The summed E-state index contributed by atoms with van der Waals surface area (Å²) in [6, 6.07) is 10.1. The molecule has 1 aromatic carbocycles. The molecule has 3 heteroatoms. The zero-order valence-electron chi connectivity index (χ0n) is 9.32. The molecule has 1 N–H and O–H groups in total. The van der Waals surface area contributed by atoms with Crippen LogP contribution in [0.3, 0.4) is 0 Å². The number of hydrogen-bond donors (Lipinski definition) is 1. The normalized spacial score (nSPS) is 19.8. The van der Waals surface area contributed by atoms with Crippen LogP contribution in [0.2, 0.25) is 0 Å². The maximum Gasteiger partial charge on any atom is 0.220 e. The van der Waals surface area contributed by atoms with Crippen LogP contribution >= 0.6 is 0 Å². The summed E-state index contributed by atoms with van der Waals surface area (Å²) in [4.78, 5) is 11.0. The van der Waals surface area contributed by atoms with E-state index in [1.807, 2.05) is 18.2 Å². The molecule has 0 aromatic heterocycles. The predicted molar refractivity (Wildman–Crippen MR) is 61.8 cm³/mol. The first-order chi connectivity index (χ1) is 7.84. The summed E-state index contributed by atoms with van der Waals surface area (Å²) in [6.07, 6.45) is 1.63. The Labute approximate surface area is 95.8 Å². The fourth-order valence-electron chi connectivity index (χ4n) is 1.88. The lowest BCUT2D eigenvalue weighted by Crippen LogP contribution is -2.14. The topological polar surface area (TPSA) is 38.3 Å². The van der Waals surface area contributed by atoms with Gasteiger partial charge in [-0.25, -0.2) is 0 Å². The molecule has 0 aliphatic carbocycles. The maximum atomic E-state index is 11.0. The van der Waals surface area contributed by atoms with Crippen molar-refractivity contribution >= 4 is 5.91 Å². The first-order valence-corrected chi connectivity index (χ1v) is 5.73. The van der Waals surface area contributed by atoms with Gasteiger partial charge in [-0.1, -0.05) is 30.3 Å². The van der Waals surface area contributed by atoms with Crippen LogP contribution in [0.1, 0.15) is 18.4 Å². The Morgan fingerprint density at radius 1 is 1.31 bits per heavy atom. The summed E-state index contributed by atoms with van der Waals surface area (Å²) in [6.45, 7) is 2.21. The Balaban J connectivity index is 1.60. The third kappa shape index (κ3) is 3.35. The molecule has 0 saturated carbocycles. The SMILES string of the molecule is O=C1C[C@@H](CCOCc2ccccc2)CN1. The van der Waals surface area contributed by atoms with Gasteiger partial charge in [0.05, 0.1) is 6.61 Å². The number of nitrogens with one attached hydrogen (secondary N) is 1. The van der Waals surface area contributed by atoms with E-state index in [1.54, 1.807) is 0 Å². The largest absolute Gasteiger partial charge is 0.377 e. The van der Waals surface area contributed by atoms with Gasteiger partial charge < -0.3 is 10.1 Å². The van der Waals surface area contributed by atoms with Gasteiger partial charge in [0, 0.05) is 19.6 Å². The van der Waals surface area contributed by atoms with E-state index in [0.717, 1.165) is 19.6 Å². The fraction of sp³-hybridized carbons (Fsp3) is 0.462. The zero-order chi connectivity index (χ0) is 11.2. The zero-order valence-corrected chi connectivity index (χ0v) is 9.32. The lowest BCUT2D eigenvalue weighted by molar-refractivity contribution is -0.119. The van der Waals surface area contributed by atoms with Gasteiger partial charge >= 0.3 is 0 Å². The number of benzene rings is 1. The molecular formula is C13H17NO2. The maximum absolute atomic E-state index is 11.0. The Bertz CT molecular complexity index is 337. The van der Waals surface area contributed by atoms with Crippen LogP contribution in [0, 0.1) is 5.92 Å². The second kappa shape index (κ2) is 5.66. The molecule has 2 rings (SSSR count). The number of carbonyl (C=O) groups is 1. The Morgan fingerprint density at radius 2 is 2.12 bits per heavy atom. The van der Waals surface area contributed by atoms with Gasteiger partial charge in [-0.05, 0) is 17.9 Å². The number of amides is 1. The van der Waals surface area contributed by atoms with Crippen LogP contribution in [0.15, 0.2) is 30.3 Å². The summed E-state index contributed by atoms with van der Waals surface area (Å²) < 4.78 is 5.58. The minimum atomic E-state index is 0.174. The molecule has 1 atom stereocenters. The molecule has 1 aliphatic rings. The van der Waals surface area contributed by atoms with Crippen molar-refractivity contribution in [3.05, 3.63) is 35.9 Å². The molecule has 1 amide bonds. The van der Waals surface area contributed by atoms with Crippen LogP contribution in [0.25, 0.3) is 0 Å². The Morgan fingerprint density at radius 3 is 2.81 bits per heavy atom. The predicted octanol–water partition coefficient (Wildman–Crippen LogP) is 1.73. The van der Waals surface area contributed by atoms with E-state index in [1.165, 1.54) is 5.56 Å². The average molecular weight is 219 g/mol. The number of carbonyl (C=O) groups excluding carboxylic acids is 1. The minimum Gasteiger partial charge on any atom is -0.377 e. The standard InChI is InChI=1S/C13H17NO2/c15-13-8-12(9-14-13)6-7-16-10-11-4-2-1-3-5-11/h1-5,12H,6-10H2,(H,14,15)/t12-/m1/s1. The van der Waals surface area contributed by atoms with Crippen molar-refractivity contribution in [3.8, 4) is 0 Å². The molecule has 1 saturated heterocycles. The lowest BCUT2D eigenvalue weighted by atomic mass is 10.1. The molecule has 1 aliphatic heterocycles. The summed E-state index contributed by atoms with van der Waals surface area (Å²) in [5, 5.41) is 2.83. The lowest BCUT2D eigenvalue weighted by Gasteiger charge is -2.07. The van der Waals surface area contributed by atoms with E-state index < -0.39 is 0 Å². The van der Waals surface area contributed by atoms with Gasteiger partial charge in [0.15, 0.2) is 0 Å². The van der Waals surface area contributed by atoms with Gasteiger partial charge in [0.1, 0.15) is 0 Å². The molecule has 1 fully saturated rings. The highest BCUT2D eigenvalue weighted by Gasteiger charge is 2.20. The van der Waals surface area contributed by atoms with E-state index >= 15 is 0 Å². The van der Waals surface area contributed by atoms with E-state index in [4.69, 9.17) is 4.74 Å². The summed E-state index contributed by atoms with van der Waals surface area (Å²) in [5.41, 5.74) is 1.20. The number of rotatable bonds is 5. The molecule has 1 heterocycles. The summed E-state index contributed by atoms with van der Waals surface area (Å²) in [7, 11) is 0. The van der Waals surface area contributed by atoms with Gasteiger partial charge in [0.2, 0.25) is 5.91 Å². The smallest absolute Gasteiger partial charge is 0.220 e. The average Bonchev–Trinajstić information content (AvgIpc) is 2.72. The van der Waals surface area contributed by atoms with Crippen molar-refractivity contribution in [1.82, 2.24) is 5.32 Å². The molecule has 3 nitrogen and oxygen atoms in total. The third-order valence-corrected chi connectivity index (χ3v) is 2.84. The van der Waals surface area contributed by atoms with Crippen LogP contribution in [-0.2, 0) is 16.1 Å². The number of ether oxygens (including phenoxy) is 1. The van der Waals surface area contributed by atoms with Gasteiger partial charge in [-0.3, -0.25) is 4.79 Å². The van der Waals surface area contributed by atoms with Crippen LogP contribution in [0.4, 0.5) is 0 Å². The molecular weight excluding hydrogens is 202 g/mol. The van der Waals surface area contributed by atoms with E-state index in [2.05, 4.69) is 17.4 Å². The molecule has 86 valence electrons. The quantitative estimate of drug-likeness (QED) is 0.766. The molecule has 0 spiro atoms. The number of hydrogen-bond acceptors (Lipinski definition) is 2. The van der Waals surface area contributed by atoms with Crippen molar-refractivity contribution in [2.75, 3.05) is 13.2 Å². The van der Waals surface area contributed by atoms with Crippen molar-refractivity contribution in [1.29, 1.82) is 0 Å². The fourth-order valence-corrected chi connectivity index (χ4v) is 1.88. The first-order valence-electron chi connectivity index (χ1n) is 5.73. The van der Waals surface area contributed by atoms with Crippen LogP contribution < -0.4 is 5.32 Å². The van der Waals surface area contributed by atoms with Gasteiger partial charge in [0.25, 0.3) is 0 Å². The molecule has 0 radical (unpaired) electrons. The highest BCUT2D eigenvalue weighted by atomic mass is 16.5. The monoisotopic (exact) mass is 219 g/mol. The van der Waals surface area contributed by atoms with E-state index in [9.17, 15) is 4.79 Å². The van der Waals surface area contributed by atoms with E-state index in [0.29, 0.717) is 18.9 Å². The Kier molecular flexibility index (Phi) is 3.94. The summed E-state index contributed by atoms with van der Waals surface area (Å²) in [5.74, 6) is 0.635. The van der Waals surface area contributed by atoms with Crippen molar-refractivity contribution in [2.24, 2.45) is 5.92 Å². The minimum absolute atomic E-state index is 0.174. The van der Waals surface area contributed by atoms with Crippen molar-refractivity contribution in [2.45, 2.75) is 19.4 Å². The molecule has 16 heavy (non-hydrogen) atoms. The van der Waals surface area contributed by atoms with Crippen LogP contribution in [0.5, 0.6) is 0 Å². The molecule has 0 unspecified atom stereocenters.